The van der Waals surface area contributed by atoms with E-state index in [1.165, 1.54) is 0 Å². The summed E-state index contributed by atoms with van der Waals surface area (Å²) < 4.78 is 0. The molecular formula is C8H8N4. The minimum Gasteiger partial charge on any atom is -0.398 e. The third kappa shape index (κ3) is 0.934. The molecule has 0 saturated heterocycles. The van der Waals surface area contributed by atoms with Crippen molar-refractivity contribution >= 4 is 22.4 Å². The van der Waals surface area contributed by atoms with Crippen LogP contribution in [0.4, 0.5) is 11.4 Å². The van der Waals surface area contributed by atoms with E-state index >= 15 is 0 Å². The van der Waals surface area contributed by atoms with Crippen molar-refractivity contribution in [1.82, 2.24) is 9.97 Å². The normalized spacial score (nSPS) is 10.3. The Hall–Kier alpha value is -1.84. The summed E-state index contributed by atoms with van der Waals surface area (Å²) in [5, 5.41) is 0.803. The lowest BCUT2D eigenvalue weighted by Gasteiger charge is -1.99. The maximum Gasteiger partial charge on any atom is 0.161 e. The van der Waals surface area contributed by atoms with Crippen molar-refractivity contribution in [2.45, 2.75) is 0 Å². The van der Waals surface area contributed by atoms with E-state index in [9.17, 15) is 0 Å². The Morgan fingerprint density at radius 3 is 2.83 bits per heavy atom. The topological polar surface area (TPSA) is 77.8 Å². The Balaban J connectivity index is 2.88. The van der Waals surface area contributed by atoms with Crippen LogP contribution in [-0.2, 0) is 0 Å². The van der Waals surface area contributed by atoms with Gasteiger partial charge in [-0.05, 0) is 12.1 Å². The number of anilines is 2. The van der Waals surface area contributed by atoms with Gasteiger partial charge in [-0.3, -0.25) is 0 Å². The van der Waals surface area contributed by atoms with Gasteiger partial charge in [0.25, 0.3) is 0 Å². The fourth-order valence-corrected chi connectivity index (χ4v) is 1.07. The SMILES string of the molecule is Nc1cnc2nccc(N)c2c1. The number of fused-ring (bicyclic) bond motifs is 1. The average molecular weight is 160 g/mol. The standard InChI is InChI=1S/C8H8N4/c9-5-3-6-7(10)1-2-11-8(6)12-4-5/h1-4H,9H2,(H2,10,11,12). The van der Waals surface area contributed by atoms with E-state index < -0.39 is 0 Å². The molecule has 0 atom stereocenters. The number of hydrogen-bond donors (Lipinski definition) is 2. The molecule has 0 saturated carbocycles. The fourth-order valence-electron chi connectivity index (χ4n) is 1.07. The Morgan fingerprint density at radius 1 is 1.17 bits per heavy atom. The lowest BCUT2D eigenvalue weighted by molar-refractivity contribution is 1.29. The zero-order valence-electron chi connectivity index (χ0n) is 6.36. The number of aromatic nitrogens is 2. The van der Waals surface area contributed by atoms with Gasteiger partial charge in [0.05, 0.1) is 11.9 Å². The van der Waals surface area contributed by atoms with E-state index in [2.05, 4.69) is 9.97 Å². The highest BCUT2D eigenvalue weighted by atomic mass is 14.8. The second-order valence-electron chi connectivity index (χ2n) is 2.54. The highest BCUT2D eigenvalue weighted by molar-refractivity contribution is 5.88. The Bertz CT molecular complexity index is 424. The average Bonchev–Trinajstić information content (AvgIpc) is 2.07. The van der Waals surface area contributed by atoms with Crippen LogP contribution in [0.2, 0.25) is 0 Å². The van der Waals surface area contributed by atoms with Gasteiger partial charge in [-0.15, -0.1) is 0 Å². The zero-order valence-corrected chi connectivity index (χ0v) is 6.36. The molecule has 60 valence electrons. The van der Waals surface area contributed by atoms with Gasteiger partial charge in [-0.1, -0.05) is 0 Å². The third-order valence-electron chi connectivity index (χ3n) is 1.65. The molecule has 0 aliphatic rings. The van der Waals surface area contributed by atoms with Crippen LogP contribution in [0.1, 0.15) is 0 Å². The van der Waals surface area contributed by atoms with Crippen molar-refractivity contribution in [3.8, 4) is 0 Å². The van der Waals surface area contributed by atoms with E-state index in [1.807, 2.05) is 0 Å². The number of rotatable bonds is 0. The van der Waals surface area contributed by atoms with Crippen LogP contribution in [0.3, 0.4) is 0 Å². The molecule has 0 amide bonds. The van der Waals surface area contributed by atoms with Crippen molar-refractivity contribution in [2.24, 2.45) is 0 Å². The second-order valence-corrected chi connectivity index (χ2v) is 2.54. The molecule has 0 fully saturated rings. The number of nitrogens with zero attached hydrogens (tertiary/aromatic N) is 2. The predicted molar refractivity (Wildman–Crippen MR) is 48.4 cm³/mol. The summed E-state index contributed by atoms with van der Waals surface area (Å²) >= 11 is 0. The van der Waals surface area contributed by atoms with Gasteiger partial charge in [-0.2, -0.15) is 0 Å². The zero-order chi connectivity index (χ0) is 8.55. The number of pyridine rings is 2. The van der Waals surface area contributed by atoms with Gasteiger partial charge in [0, 0.05) is 17.3 Å². The summed E-state index contributed by atoms with van der Waals surface area (Å²) in [6.45, 7) is 0. The van der Waals surface area contributed by atoms with E-state index in [0.29, 0.717) is 17.0 Å². The first-order chi connectivity index (χ1) is 5.77. The Labute approximate surface area is 69.2 Å². The van der Waals surface area contributed by atoms with Gasteiger partial charge in [0.2, 0.25) is 0 Å². The van der Waals surface area contributed by atoms with Crippen LogP contribution in [-0.4, -0.2) is 9.97 Å². The lowest BCUT2D eigenvalue weighted by atomic mass is 10.2. The van der Waals surface area contributed by atoms with E-state index in [1.54, 1.807) is 24.5 Å². The molecule has 4 heteroatoms. The van der Waals surface area contributed by atoms with Gasteiger partial charge in [0.1, 0.15) is 0 Å². The highest BCUT2D eigenvalue weighted by Crippen LogP contribution is 2.18. The molecule has 2 aromatic rings. The first kappa shape index (κ1) is 6.84. The summed E-state index contributed by atoms with van der Waals surface area (Å²) in [5.41, 5.74) is 13.1. The first-order valence-corrected chi connectivity index (χ1v) is 3.53. The maximum atomic E-state index is 5.69. The maximum absolute atomic E-state index is 5.69. The first-order valence-electron chi connectivity index (χ1n) is 3.53. The van der Waals surface area contributed by atoms with E-state index in [4.69, 9.17) is 11.5 Å². The smallest absolute Gasteiger partial charge is 0.161 e. The van der Waals surface area contributed by atoms with Gasteiger partial charge >= 0.3 is 0 Å². The van der Waals surface area contributed by atoms with Crippen LogP contribution in [0, 0.1) is 0 Å². The van der Waals surface area contributed by atoms with E-state index in [-0.39, 0.29) is 0 Å². The van der Waals surface area contributed by atoms with Crippen LogP contribution in [0.25, 0.3) is 11.0 Å². The molecule has 2 aromatic heterocycles. The van der Waals surface area contributed by atoms with Crippen molar-refractivity contribution in [2.75, 3.05) is 11.5 Å². The number of hydrogen-bond acceptors (Lipinski definition) is 4. The quantitative estimate of drug-likeness (QED) is 0.597. The number of nitrogen functional groups attached to an aromatic ring is 2. The lowest BCUT2D eigenvalue weighted by Crippen LogP contribution is -1.93. The van der Waals surface area contributed by atoms with Crippen molar-refractivity contribution < 1.29 is 0 Å². The van der Waals surface area contributed by atoms with Crippen LogP contribution >= 0.6 is 0 Å². The summed E-state index contributed by atoms with van der Waals surface area (Å²) in [6, 6.07) is 3.49. The van der Waals surface area contributed by atoms with Gasteiger partial charge < -0.3 is 11.5 Å². The monoisotopic (exact) mass is 160 g/mol. The van der Waals surface area contributed by atoms with Crippen molar-refractivity contribution in [1.29, 1.82) is 0 Å². The molecule has 0 aliphatic carbocycles. The largest absolute Gasteiger partial charge is 0.398 e. The van der Waals surface area contributed by atoms with Crippen LogP contribution < -0.4 is 11.5 Å². The van der Waals surface area contributed by atoms with E-state index in [0.717, 1.165) is 5.39 Å². The van der Waals surface area contributed by atoms with Gasteiger partial charge in [0.15, 0.2) is 5.65 Å². The minimum absolute atomic E-state index is 0.599. The fraction of sp³-hybridized carbons (Fsp3) is 0. The molecule has 0 bridgehead atoms. The molecule has 0 aliphatic heterocycles. The Morgan fingerprint density at radius 2 is 2.00 bits per heavy atom. The van der Waals surface area contributed by atoms with Crippen LogP contribution in [0.5, 0.6) is 0 Å². The molecule has 2 rings (SSSR count). The predicted octanol–water partition coefficient (Wildman–Crippen LogP) is 0.794. The molecule has 4 N–H and O–H groups in total. The summed E-state index contributed by atoms with van der Waals surface area (Å²) in [6.07, 6.45) is 3.19. The molecule has 0 radical (unpaired) electrons. The number of nitrogens with two attached hydrogens (primary N) is 2. The molecular weight excluding hydrogens is 152 g/mol. The van der Waals surface area contributed by atoms with Gasteiger partial charge in [-0.25, -0.2) is 9.97 Å². The molecule has 4 nitrogen and oxygen atoms in total. The Kier molecular flexibility index (Phi) is 1.33. The van der Waals surface area contributed by atoms with Crippen LogP contribution in [0.15, 0.2) is 24.5 Å². The molecule has 12 heavy (non-hydrogen) atoms. The van der Waals surface area contributed by atoms with Crippen molar-refractivity contribution in [3.63, 3.8) is 0 Å². The summed E-state index contributed by atoms with van der Waals surface area (Å²) in [5.74, 6) is 0. The second kappa shape index (κ2) is 2.34. The molecule has 0 spiro atoms. The van der Waals surface area contributed by atoms with Crippen molar-refractivity contribution in [3.05, 3.63) is 24.5 Å². The molecule has 0 unspecified atom stereocenters. The summed E-state index contributed by atoms with van der Waals surface area (Å²) in [4.78, 5) is 8.06. The molecule has 0 aromatic carbocycles. The third-order valence-corrected chi connectivity index (χ3v) is 1.65. The highest BCUT2D eigenvalue weighted by Gasteiger charge is 1.98. The molecule has 2 heterocycles. The minimum atomic E-state index is 0.599. The summed E-state index contributed by atoms with van der Waals surface area (Å²) in [7, 11) is 0.